The van der Waals surface area contributed by atoms with Gasteiger partial charge in [-0.1, -0.05) is 35.8 Å². The predicted octanol–water partition coefficient (Wildman–Crippen LogP) is 3.01. The van der Waals surface area contributed by atoms with E-state index >= 15 is 0 Å². The van der Waals surface area contributed by atoms with Gasteiger partial charge in [0.2, 0.25) is 0 Å². The second-order valence-electron chi connectivity index (χ2n) is 8.00. The van der Waals surface area contributed by atoms with Gasteiger partial charge in [-0.25, -0.2) is 9.97 Å². The van der Waals surface area contributed by atoms with Gasteiger partial charge >= 0.3 is 17.1 Å². The number of carboxylic acid groups (broad SMARTS) is 1. The number of carbonyl (C=O) groups excluding carboxylic acids is 1. The van der Waals surface area contributed by atoms with Gasteiger partial charge in [0, 0.05) is 5.97 Å². The van der Waals surface area contributed by atoms with Crippen molar-refractivity contribution in [2.75, 3.05) is 14.2 Å². The fourth-order valence-corrected chi connectivity index (χ4v) is 3.62. The van der Waals surface area contributed by atoms with Crippen LogP contribution in [0.2, 0.25) is 0 Å². The maximum Gasteiger partial charge on any atom is 3.00 e. The maximum atomic E-state index is 12.7. The van der Waals surface area contributed by atoms with Crippen LogP contribution in [0.15, 0.2) is 60.7 Å². The molecule has 0 saturated carbocycles. The molecule has 0 aliphatic rings. The van der Waals surface area contributed by atoms with Gasteiger partial charge in [0.15, 0.2) is 0 Å². The summed E-state index contributed by atoms with van der Waals surface area (Å²) < 4.78 is 10.4. The third-order valence-corrected chi connectivity index (χ3v) is 5.15. The quantitative estimate of drug-likeness (QED) is 0.353. The second kappa shape index (κ2) is 12.8. The van der Waals surface area contributed by atoms with Crippen molar-refractivity contribution >= 4 is 5.97 Å². The standard InChI is InChI=1S/C26H24N2O4.C2H4O2.Mn/c1-15-11-17(25(29)23(13-15)31-3)19-7-5-9-21(27-19)22-10-6-8-20(28-22)18-12-16(2)14-24(32-4)26(18)30;1-2(3)4;/h5-14,29-30H,1-4H3;1H3,(H,3,4);/q;;+3/p-3. The molecular weight excluding hydrogens is 515 g/mol. The van der Waals surface area contributed by atoms with E-state index in [1.165, 1.54) is 14.2 Å². The molecule has 8 nitrogen and oxygen atoms in total. The number of pyridine rings is 2. The molecule has 2 heterocycles. The zero-order valence-corrected chi connectivity index (χ0v) is 22.2. The Balaban J connectivity index is 0.000000898. The summed E-state index contributed by atoms with van der Waals surface area (Å²) in [7, 11) is 2.95. The van der Waals surface area contributed by atoms with E-state index in [1.54, 1.807) is 36.4 Å². The van der Waals surface area contributed by atoms with Gasteiger partial charge in [-0.3, -0.25) is 0 Å². The number of carboxylic acids is 1. The first-order chi connectivity index (χ1) is 17.1. The molecule has 0 atom stereocenters. The van der Waals surface area contributed by atoms with Gasteiger partial charge in [-0.15, -0.1) is 0 Å². The summed E-state index contributed by atoms with van der Waals surface area (Å²) in [6.45, 7) is 4.77. The molecule has 2 aromatic carbocycles. The molecule has 190 valence electrons. The second-order valence-corrected chi connectivity index (χ2v) is 8.00. The van der Waals surface area contributed by atoms with E-state index in [1.807, 2.05) is 38.1 Å². The Labute approximate surface area is 226 Å². The molecule has 0 aliphatic heterocycles. The Morgan fingerprint density at radius 1 is 0.703 bits per heavy atom. The van der Waals surface area contributed by atoms with Crippen LogP contribution in [0, 0.1) is 13.8 Å². The van der Waals surface area contributed by atoms with Crippen molar-refractivity contribution in [3.8, 4) is 56.9 Å². The van der Waals surface area contributed by atoms with E-state index in [9.17, 15) is 10.2 Å². The Hall–Kier alpha value is -4.07. The number of methoxy groups -OCH3 is 2. The topological polar surface area (TPSA) is 130 Å². The van der Waals surface area contributed by atoms with E-state index in [2.05, 4.69) is 9.97 Å². The number of aromatic nitrogens is 2. The molecule has 0 radical (unpaired) electrons. The van der Waals surface area contributed by atoms with Gasteiger partial charge in [0.25, 0.3) is 0 Å². The normalized spacial score (nSPS) is 9.97. The van der Waals surface area contributed by atoms with Gasteiger partial charge < -0.3 is 29.6 Å². The number of rotatable bonds is 5. The maximum absolute atomic E-state index is 12.7. The number of carbonyl (C=O) groups is 1. The van der Waals surface area contributed by atoms with Gasteiger partial charge in [0.1, 0.15) is 11.5 Å². The Morgan fingerprint density at radius 3 is 1.35 bits per heavy atom. The molecule has 2 aromatic heterocycles. The van der Waals surface area contributed by atoms with Crippen LogP contribution in [0.4, 0.5) is 0 Å². The van der Waals surface area contributed by atoms with Crippen LogP contribution in [0.1, 0.15) is 18.1 Å². The molecule has 0 fully saturated rings. The SMILES string of the molecule is CC(=O)[O-].COc1cc(C)cc(-c2cccc(-c3cccc(-c4cc(C)cc(OC)c4[O-])n3)n2)c1[O-].[Mn+3]. The largest absolute Gasteiger partial charge is 3.00 e. The third-order valence-electron chi connectivity index (χ3n) is 5.15. The van der Waals surface area contributed by atoms with Crippen LogP contribution < -0.4 is 24.8 Å². The van der Waals surface area contributed by atoms with Crippen molar-refractivity contribution in [1.29, 1.82) is 0 Å². The van der Waals surface area contributed by atoms with Gasteiger partial charge in [0.05, 0.1) is 37.0 Å². The summed E-state index contributed by atoms with van der Waals surface area (Å²) in [4.78, 5) is 18.2. The first-order valence-electron chi connectivity index (χ1n) is 11.0. The molecule has 0 N–H and O–H groups in total. The molecule has 0 spiro atoms. The number of aliphatic carboxylic acids is 1. The van der Waals surface area contributed by atoms with Crippen LogP contribution in [0.5, 0.6) is 23.0 Å². The monoisotopic (exact) mass is 540 g/mol. The number of hydrogen-bond acceptors (Lipinski definition) is 8. The van der Waals surface area contributed by atoms with Crippen molar-refractivity contribution < 1.29 is 46.7 Å². The van der Waals surface area contributed by atoms with E-state index in [-0.39, 0.29) is 40.1 Å². The molecule has 37 heavy (non-hydrogen) atoms. The zero-order chi connectivity index (χ0) is 26.4. The smallest absolute Gasteiger partial charge is 0.870 e. The average Bonchev–Trinajstić information content (AvgIpc) is 2.86. The number of ether oxygens (including phenoxy) is 2. The summed E-state index contributed by atoms with van der Waals surface area (Å²) in [5.74, 6) is -0.952. The van der Waals surface area contributed by atoms with E-state index in [4.69, 9.17) is 19.4 Å². The van der Waals surface area contributed by atoms with Crippen molar-refractivity contribution in [1.82, 2.24) is 9.97 Å². The average molecular weight is 540 g/mol. The fraction of sp³-hybridized carbons (Fsp3) is 0.179. The fourth-order valence-electron chi connectivity index (χ4n) is 3.62. The van der Waals surface area contributed by atoms with E-state index in [0.717, 1.165) is 18.1 Å². The zero-order valence-electron chi connectivity index (χ0n) is 21.0. The minimum absolute atomic E-state index is 0. The van der Waals surface area contributed by atoms with Crippen LogP contribution in [-0.4, -0.2) is 30.2 Å². The Bertz CT molecular complexity index is 1300. The molecule has 0 amide bonds. The van der Waals surface area contributed by atoms with Crippen LogP contribution in [0.25, 0.3) is 33.9 Å². The first kappa shape index (κ1) is 29.2. The van der Waals surface area contributed by atoms with Crippen molar-refractivity contribution in [3.05, 3.63) is 71.8 Å². The van der Waals surface area contributed by atoms with Crippen molar-refractivity contribution in [2.45, 2.75) is 20.8 Å². The Kier molecular flexibility index (Phi) is 10.1. The first-order valence-corrected chi connectivity index (χ1v) is 11.0. The molecule has 4 aromatic rings. The van der Waals surface area contributed by atoms with Crippen molar-refractivity contribution in [3.63, 3.8) is 0 Å². The minimum atomic E-state index is -1.08. The molecule has 0 saturated heterocycles. The number of hydrogen-bond donors (Lipinski definition) is 0. The van der Waals surface area contributed by atoms with E-state index < -0.39 is 5.97 Å². The summed E-state index contributed by atoms with van der Waals surface area (Å²) in [6, 6.07) is 17.9. The van der Waals surface area contributed by atoms with Crippen LogP contribution >= 0.6 is 0 Å². The summed E-state index contributed by atoms with van der Waals surface area (Å²) in [6.07, 6.45) is 0. The molecule has 9 heteroatoms. The van der Waals surface area contributed by atoms with E-state index in [0.29, 0.717) is 33.9 Å². The van der Waals surface area contributed by atoms with Gasteiger partial charge in [-0.05, 0) is 79.4 Å². The molecule has 0 unspecified atom stereocenters. The summed E-state index contributed by atoms with van der Waals surface area (Å²) in [5, 5.41) is 34.4. The van der Waals surface area contributed by atoms with Gasteiger partial charge in [-0.2, -0.15) is 0 Å². The molecular formula is C28H25MnN2O6. The molecule has 4 rings (SSSR count). The minimum Gasteiger partial charge on any atom is -0.870 e. The Morgan fingerprint density at radius 2 is 1.03 bits per heavy atom. The van der Waals surface area contributed by atoms with Crippen molar-refractivity contribution in [2.24, 2.45) is 0 Å². The predicted molar refractivity (Wildman–Crippen MR) is 130 cm³/mol. The summed E-state index contributed by atoms with van der Waals surface area (Å²) >= 11 is 0. The molecule has 0 aliphatic carbocycles. The van der Waals surface area contributed by atoms with Crippen LogP contribution in [-0.2, 0) is 21.9 Å². The number of benzene rings is 2. The number of nitrogens with zero attached hydrogens (tertiary/aromatic N) is 2. The third kappa shape index (κ3) is 7.00. The summed E-state index contributed by atoms with van der Waals surface area (Å²) in [5.41, 5.74) is 4.98. The molecule has 0 bridgehead atoms. The number of aryl methyl sites for hydroxylation is 2. The van der Waals surface area contributed by atoms with Crippen LogP contribution in [0.3, 0.4) is 0 Å².